The Labute approximate surface area is 78.9 Å². The van der Waals surface area contributed by atoms with E-state index in [1.54, 1.807) is 0 Å². The molecule has 0 aromatic rings. The molecular weight excluding hydrogens is 174 g/mol. The number of piperidine rings is 1. The highest BCUT2D eigenvalue weighted by atomic mass is 35.5. The predicted molar refractivity (Wildman–Crippen MR) is 50.6 cm³/mol. The fraction of sp³-hybridized carbons (Fsp3) is 0.889. The molecule has 1 saturated heterocycles. The van der Waals surface area contributed by atoms with Crippen molar-refractivity contribution in [3.05, 3.63) is 0 Å². The normalized spacial score (nSPS) is 21.2. The first kappa shape index (κ1) is 10.0. The van der Waals surface area contributed by atoms with Crippen LogP contribution in [-0.2, 0) is 4.79 Å². The largest absolute Gasteiger partial charge is 0.298 e. The van der Waals surface area contributed by atoms with Crippen LogP contribution in [0.4, 0.5) is 0 Å². The van der Waals surface area contributed by atoms with Gasteiger partial charge < -0.3 is 0 Å². The molecule has 1 rings (SSSR count). The lowest BCUT2D eigenvalue weighted by atomic mass is 10.1. The molecule has 0 aromatic carbocycles. The van der Waals surface area contributed by atoms with Crippen LogP contribution in [0.1, 0.15) is 26.2 Å². The summed E-state index contributed by atoms with van der Waals surface area (Å²) in [4.78, 5) is 13.3. The van der Waals surface area contributed by atoms with Gasteiger partial charge in [-0.2, -0.15) is 0 Å². The molecule has 0 amide bonds. The number of carbonyl (C=O) groups excluding carboxylic acids is 1. The predicted octanol–water partition coefficient (Wildman–Crippen LogP) is 1.67. The van der Waals surface area contributed by atoms with Crippen LogP contribution in [0.5, 0.6) is 0 Å². The summed E-state index contributed by atoms with van der Waals surface area (Å²) in [7, 11) is 0. The first-order valence-corrected chi connectivity index (χ1v) is 5.04. The van der Waals surface area contributed by atoms with E-state index in [1.807, 2.05) is 6.92 Å². The van der Waals surface area contributed by atoms with Gasteiger partial charge in [-0.3, -0.25) is 9.69 Å². The Morgan fingerprint density at radius 3 is 2.58 bits per heavy atom. The van der Waals surface area contributed by atoms with Gasteiger partial charge in [-0.15, -0.1) is 11.6 Å². The van der Waals surface area contributed by atoms with E-state index < -0.39 is 0 Å². The summed E-state index contributed by atoms with van der Waals surface area (Å²) in [6.07, 6.45) is 2.71. The molecule has 0 bridgehead atoms. The molecule has 0 N–H and O–H groups in total. The highest BCUT2D eigenvalue weighted by Crippen LogP contribution is 2.15. The van der Waals surface area contributed by atoms with Crippen LogP contribution in [0.3, 0.4) is 0 Å². The van der Waals surface area contributed by atoms with Crippen LogP contribution in [0.15, 0.2) is 0 Å². The van der Waals surface area contributed by atoms with Gasteiger partial charge in [-0.05, 0) is 12.8 Å². The summed E-state index contributed by atoms with van der Waals surface area (Å²) in [5.74, 6) is 0.336. The number of nitrogens with zero attached hydrogens (tertiary/aromatic N) is 1. The minimum Gasteiger partial charge on any atom is -0.298 e. The zero-order valence-electron chi connectivity index (χ0n) is 7.55. The van der Waals surface area contributed by atoms with Gasteiger partial charge in [-0.1, -0.05) is 6.92 Å². The van der Waals surface area contributed by atoms with Crippen molar-refractivity contribution in [2.24, 2.45) is 0 Å². The molecule has 12 heavy (non-hydrogen) atoms. The van der Waals surface area contributed by atoms with Crippen molar-refractivity contribution in [1.29, 1.82) is 0 Å². The topological polar surface area (TPSA) is 20.3 Å². The van der Waals surface area contributed by atoms with Crippen molar-refractivity contribution in [2.75, 3.05) is 19.6 Å². The van der Waals surface area contributed by atoms with Crippen LogP contribution in [-0.4, -0.2) is 35.7 Å². The number of Topliss-reactive ketones (excluding diaryl/α,β-unsaturated/α-hetero) is 1. The molecule has 0 aromatic heterocycles. The summed E-state index contributed by atoms with van der Waals surface area (Å²) < 4.78 is 0. The lowest BCUT2D eigenvalue weighted by molar-refractivity contribution is -0.120. The van der Waals surface area contributed by atoms with E-state index in [2.05, 4.69) is 4.90 Å². The average molecular weight is 190 g/mol. The van der Waals surface area contributed by atoms with Gasteiger partial charge in [0.1, 0.15) is 5.78 Å². The van der Waals surface area contributed by atoms with Crippen LogP contribution in [0.25, 0.3) is 0 Å². The number of hydrogen-bond donors (Lipinski definition) is 0. The van der Waals surface area contributed by atoms with E-state index in [1.165, 1.54) is 0 Å². The van der Waals surface area contributed by atoms with Crippen molar-refractivity contribution in [2.45, 2.75) is 31.6 Å². The first-order chi connectivity index (χ1) is 5.72. The SMILES string of the molecule is CCC(=O)CN1CCC(Cl)CC1. The molecule has 1 fully saturated rings. The molecular formula is C9H16ClNO. The Morgan fingerprint density at radius 1 is 1.50 bits per heavy atom. The molecule has 1 aliphatic rings. The summed E-state index contributed by atoms with van der Waals surface area (Å²) in [5, 5.41) is 0.331. The smallest absolute Gasteiger partial charge is 0.146 e. The van der Waals surface area contributed by atoms with Gasteiger partial charge in [-0.25, -0.2) is 0 Å². The van der Waals surface area contributed by atoms with Gasteiger partial charge in [0.25, 0.3) is 0 Å². The zero-order chi connectivity index (χ0) is 8.97. The number of halogens is 1. The third-order valence-corrected chi connectivity index (χ3v) is 2.75. The number of likely N-dealkylation sites (tertiary alicyclic amines) is 1. The number of carbonyl (C=O) groups is 1. The Kier molecular flexibility index (Phi) is 4.02. The van der Waals surface area contributed by atoms with E-state index in [0.29, 0.717) is 24.1 Å². The number of hydrogen-bond acceptors (Lipinski definition) is 2. The highest BCUT2D eigenvalue weighted by Gasteiger charge is 2.17. The maximum atomic E-state index is 11.1. The zero-order valence-corrected chi connectivity index (χ0v) is 8.31. The van der Waals surface area contributed by atoms with Crippen LogP contribution < -0.4 is 0 Å². The fourth-order valence-electron chi connectivity index (χ4n) is 1.42. The van der Waals surface area contributed by atoms with E-state index in [0.717, 1.165) is 25.9 Å². The van der Waals surface area contributed by atoms with Gasteiger partial charge >= 0.3 is 0 Å². The molecule has 0 saturated carbocycles. The molecule has 1 heterocycles. The quantitative estimate of drug-likeness (QED) is 0.630. The second-order valence-corrected chi connectivity index (χ2v) is 3.96. The van der Waals surface area contributed by atoms with Crippen LogP contribution in [0.2, 0.25) is 0 Å². The van der Waals surface area contributed by atoms with E-state index in [4.69, 9.17) is 11.6 Å². The first-order valence-electron chi connectivity index (χ1n) is 4.60. The highest BCUT2D eigenvalue weighted by molar-refractivity contribution is 6.20. The Balaban J connectivity index is 2.21. The summed E-state index contributed by atoms with van der Waals surface area (Å²) >= 11 is 5.94. The Morgan fingerprint density at radius 2 is 2.08 bits per heavy atom. The van der Waals surface area contributed by atoms with E-state index in [-0.39, 0.29) is 0 Å². The third kappa shape index (κ3) is 3.11. The lowest BCUT2D eigenvalue weighted by Crippen LogP contribution is -2.37. The Hall–Kier alpha value is -0.0800. The monoisotopic (exact) mass is 189 g/mol. The van der Waals surface area contributed by atoms with Gasteiger partial charge in [0, 0.05) is 24.9 Å². The van der Waals surface area contributed by atoms with Crippen molar-refractivity contribution < 1.29 is 4.79 Å². The summed E-state index contributed by atoms with van der Waals surface area (Å²) in [5.41, 5.74) is 0. The van der Waals surface area contributed by atoms with E-state index >= 15 is 0 Å². The number of ketones is 1. The van der Waals surface area contributed by atoms with Gasteiger partial charge in [0.05, 0.1) is 6.54 Å². The maximum Gasteiger partial charge on any atom is 0.146 e. The van der Waals surface area contributed by atoms with Gasteiger partial charge in [0.15, 0.2) is 0 Å². The van der Waals surface area contributed by atoms with Crippen molar-refractivity contribution in [1.82, 2.24) is 4.90 Å². The molecule has 0 unspecified atom stereocenters. The van der Waals surface area contributed by atoms with Crippen LogP contribution in [0, 0.1) is 0 Å². The molecule has 2 nitrogen and oxygen atoms in total. The Bertz CT molecular complexity index is 153. The molecule has 3 heteroatoms. The molecule has 0 aliphatic carbocycles. The summed E-state index contributed by atoms with van der Waals surface area (Å²) in [6, 6.07) is 0. The third-order valence-electron chi connectivity index (χ3n) is 2.31. The fourth-order valence-corrected chi connectivity index (χ4v) is 1.62. The van der Waals surface area contributed by atoms with Crippen molar-refractivity contribution in [3.8, 4) is 0 Å². The lowest BCUT2D eigenvalue weighted by Gasteiger charge is -2.28. The minimum atomic E-state index is 0.331. The molecule has 0 atom stereocenters. The van der Waals surface area contributed by atoms with Gasteiger partial charge in [0.2, 0.25) is 0 Å². The minimum absolute atomic E-state index is 0.331. The van der Waals surface area contributed by atoms with Crippen molar-refractivity contribution in [3.63, 3.8) is 0 Å². The standard InChI is InChI=1S/C9H16ClNO/c1-2-9(12)7-11-5-3-8(10)4-6-11/h8H,2-7H2,1H3. The molecule has 70 valence electrons. The molecule has 1 aliphatic heterocycles. The number of alkyl halides is 1. The second-order valence-electron chi connectivity index (χ2n) is 3.34. The number of rotatable bonds is 3. The average Bonchev–Trinajstić information content (AvgIpc) is 2.09. The molecule has 0 spiro atoms. The second kappa shape index (κ2) is 4.83. The van der Waals surface area contributed by atoms with E-state index in [9.17, 15) is 4.79 Å². The maximum absolute atomic E-state index is 11.1. The van der Waals surface area contributed by atoms with Crippen molar-refractivity contribution >= 4 is 17.4 Å². The molecule has 0 radical (unpaired) electrons. The van der Waals surface area contributed by atoms with Crippen LogP contribution >= 0.6 is 11.6 Å². The summed E-state index contributed by atoms with van der Waals surface area (Å²) in [6.45, 7) is 4.51.